The van der Waals surface area contributed by atoms with E-state index in [1.165, 1.54) is 0 Å². The minimum atomic E-state index is 0.758. The van der Waals surface area contributed by atoms with Crippen molar-refractivity contribution in [3.05, 3.63) is 55.0 Å². The fraction of sp³-hybridized carbons (Fsp3) is 0.370. The Morgan fingerprint density at radius 3 is 2.28 bits per heavy atom. The molecule has 1 saturated heterocycles. The van der Waals surface area contributed by atoms with E-state index >= 15 is 0 Å². The van der Waals surface area contributed by atoms with Gasteiger partial charge in [0.1, 0.15) is 11.5 Å². The molecule has 0 unspecified atom stereocenters. The van der Waals surface area contributed by atoms with Gasteiger partial charge in [-0.1, -0.05) is 0 Å². The summed E-state index contributed by atoms with van der Waals surface area (Å²) in [4.78, 5) is 16.8. The van der Waals surface area contributed by atoms with E-state index in [2.05, 4.69) is 56.1 Å². The molecule has 2 aromatic heterocycles. The van der Waals surface area contributed by atoms with Gasteiger partial charge in [0.15, 0.2) is 0 Å². The molecule has 0 radical (unpaired) electrons. The van der Waals surface area contributed by atoms with Crippen LogP contribution >= 0.6 is 0 Å². The maximum Gasteiger partial charge on any atom is 0.124 e. The summed E-state index contributed by atoms with van der Waals surface area (Å²) in [6, 6.07) is 12.2. The van der Waals surface area contributed by atoms with Crippen molar-refractivity contribution in [1.29, 1.82) is 0 Å². The smallest absolute Gasteiger partial charge is 0.124 e. The summed E-state index contributed by atoms with van der Waals surface area (Å²) in [5, 5.41) is 4.27. The van der Waals surface area contributed by atoms with Gasteiger partial charge < -0.3 is 19.3 Å². The van der Waals surface area contributed by atoms with Crippen molar-refractivity contribution in [2.75, 3.05) is 65.4 Å². The second kappa shape index (κ2) is 10.5. The van der Waals surface area contributed by atoms with E-state index in [9.17, 15) is 0 Å². The van der Waals surface area contributed by atoms with Gasteiger partial charge in [0, 0.05) is 87.7 Å². The van der Waals surface area contributed by atoms with Crippen molar-refractivity contribution in [2.45, 2.75) is 0 Å². The summed E-state index contributed by atoms with van der Waals surface area (Å²) < 4.78 is 12.9. The number of fused-ring (bicyclic) bond motifs is 1. The van der Waals surface area contributed by atoms with E-state index in [1.54, 1.807) is 25.1 Å². The lowest BCUT2D eigenvalue weighted by atomic mass is 10.2. The van der Waals surface area contributed by atoms with Crippen molar-refractivity contribution >= 4 is 22.4 Å². The fourth-order valence-corrected chi connectivity index (χ4v) is 4.53. The predicted octanol–water partition coefficient (Wildman–Crippen LogP) is 3.43. The lowest BCUT2D eigenvalue weighted by Gasteiger charge is -2.34. The van der Waals surface area contributed by atoms with Gasteiger partial charge >= 0.3 is 0 Å². The molecule has 4 aromatic rings. The van der Waals surface area contributed by atoms with E-state index in [0.717, 1.165) is 84.4 Å². The molecule has 0 saturated carbocycles. The normalized spacial score (nSPS) is 14.8. The Hall–Kier alpha value is -3.69. The zero-order valence-electron chi connectivity index (χ0n) is 21.4. The number of ether oxygens (including phenoxy) is 2. The molecule has 9 nitrogen and oxygen atoms in total. The average molecular weight is 488 g/mol. The number of rotatable bonds is 8. The van der Waals surface area contributed by atoms with Crippen molar-refractivity contribution in [3.63, 3.8) is 0 Å². The second-order valence-electron chi connectivity index (χ2n) is 9.20. The zero-order valence-corrected chi connectivity index (χ0v) is 21.4. The molecule has 9 heteroatoms. The Morgan fingerprint density at radius 2 is 1.61 bits per heavy atom. The van der Waals surface area contributed by atoms with Crippen LogP contribution in [0.3, 0.4) is 0 Å². The van der Waals surface area contributed by atoms with E-state index in [0.29, 0.717) is 0 Å². The number of anilines is 2. The molecule has 36 heavy (non-hydrogen) atoms. The molecule has 5 rings (SSSR count). The molecule has 1 aliphatic heterocycles. The Balaban J connectivity index is 1.51. The highest BCUT2D eigenvalue weighted by Crippen LogP contribution is 2.34. The number of benzene rings is 2. The Morgan fingerprint density at radius 1 is 0.861 bits per heavy atom. The highest BCUT2D eigenvalue weighted by atomic mass is 16.5. The van der Waals surface area contributed by atoms with E-state index in [-0.39, 0.29) is 0 Å². The minimum absolute atomic E-state index is 0.758. The molecule has 0 atom stereocenters. The van der Waals surface area contributed by atoms with Crippen LogP contribution in [0.1, 0.15) is 0 Å². The highest BCUT2D eigenvalue weighted by molar-refractivity contribution is 5.82. The summed E-state index contributed by atoms with van der Waals surface area (Å²) >= 11 is 0. The van der Waals surface area contributed by atoms with Crippen LogP contribution in [0.4, 0.5) is 11.4 Å². The molecule has 2 aromatic carbocycles. The molecule has 1 fully saturated rings. The molecule has 0 N–H and O–H groups in total. The third-order valence-corrected chi connectivity index (χ3v) is 6.72. The topological polar surface area (TPSA) is 71.8 Å². The summed E-state index contributed by atoms with van der Waals surface area (Å²) in [6.45, 7) is 6.10. The van der Waals surface area contributed by atoms with Gasteiger partial charge in [0.25, 0.3) is 0 Å². The van der Waals surface area contributed by atoms with Gasteiger partial charge in [-0.3, -0.25) is 14.6 Å². The highest BCUT2D eigenvalue weighted by Gasteiger charge is 2.18. The monoisotopic (exact) mass is 487 g/mol. The largest absolute Gasteiger partial charge is 0.497 e. The van der Waals surface area contributed by atoms with Crippen molar-refractivity contribution in [1.82, 2.24) is 29.5 Å². The second-order valence-corrected chi connectivity index (χ2v) is 9.20. The van der Waals surface area contributed by atoms with Crippen LogP contribution in [-0.4, -0.2) is 90.1 Å². The maximum atomic E-state index is 5.57. The number of hydrogen-bond donors (Lipinski definition) is 0. The Labute approximate surface area is 211 Å². The number of piperazine rings is 1. The maximum absolute atomic E-state index is 5.57. The third-order valence-electron chi connectivity index (χ3n) is 6.72. The van der Waals surface area contributed by atoms with Gasteiger partial charge in [-0.2, -0.15) is 5.10 Å². The van der Waals surface area contributed by atoms with Crippen LogP contribution in [0.2, 0.25) is 0 Å². The number of nitrogens with zero attached hydrogens (tertiary/aromatic N) is 7. The fourth-order valence-electron chi connectivity index (χ4n) is 4.53. The average Bonchev–Trinajstić information content (AvgIpc) is 3.35. The standard InChI is InChI=1S/C27H33N7O2/c1-31-7-9-33(10-8-31)11-12-34(22-13-23(35-3)16-24(14-22)36-4)21-5-6-25-26(15-21)30-27(18-28-25)20-17-29-32(2)19-20/h5-6,13-19H,7-12H2,1-4H3. The van der Waals surface area contributed by atoms with Crippen molar-refractivity contribution < 1.29 is 9.47 Å². The first-order valence-electron chi connectivity index (χ1n) is 12.2. The molecule has 188 valence electrons. The summed E-state index contributed by atoms with van der Waals surface area (Å²) in [6.07, 6.45) is 5.56. The van der Waals surface area contributed by atoms with E-state index in [1.807, 2.05) is 31.6 Å². The molecule has 3 heterocycles. The first kappa shape index (κ1) is 24.0. The minimum Gasteiger partial charge on any atom is -0.497 e. The molecule has 0 spiro atoms. The number of methoxy groups -OCH3 is 2. The number of hydrogen-bond acceptors (Lipinski definition) is 8. The van der Waals surface area contributed by atoms with E-state index < -0.39 is 0 Å². The first-order valence-corrected chi connectivity index (χ1v) is 12.2. The molecule has 1 aliphatic rings. The number of likely N-dealkylation sites (N-methyl/N-ethyl adjacent to an activating group) is 1. The van der Waals surface area contributed by atoms with Crippen LogP contribution in [-0.2, 0) is 7.05 Å². The summed E-state index contributed by atoms with van der Waals surface area (Å²) in [5.41, 5.74) is 5.50. The zero-order chi connectivity index (χ0) is 25.1. The summed E-state index contributed by atoms with van der Waals surface area (Å²) in [7, 11) is 7.44. The molecule has 0 amide bonds. The van der Waals surface area contributed by atoms with Gasteiger partial charge in [-0.15, -0.1) is 0 Å². The van der Waals surface area contributed by atoms with Crippen molar-refractivity contribution in [3.8, 4) is 22.8 Å². The Kier molecular flexibility index (Phi) is 7.02. The van der Waals surface area contributed by atoms with Crippen LogP contribution in [0, 0.1) is 0 Å². The number of aryl methyl sites for hydroxylation is 1. The molecular weight excluding hydrogens is 454 g/mol. The van der Waals surface area contributed by atoms with Gasteiger partial charge in [-0.25, -0.2) is 4.98 Å². The van der Waals surface area contributed by atoms with Crippen LogP contribution < -0.4 is 14.4 Å². The lowest BCUT2D eigenvalue weighted by molar-refractivity contribution is 0.157. The predicted molar refractivity (Wildman–Crippen MR) is 142 cm³/mol. The number of aromatic nitrogens is 4. The molecule has 0 aliphatic carbocycles. The van der Waals surface area contributed by atoms with Gasteiger partial charge in [-0.05, 0) is 25.2 Å². The van der Waals surface area contributed by atoms with Gasteiger partial charge in [0.2, 0.25) is 0 Å². The first-order chi connectivity index (χ1) is 17.5. The quantitative estimate of drug-likeness (QED) is 0.374. The third kappa shape index (κ3) is 5.27. The van der Waals surface area contributed by atoms with E-state index in [4.69, 9.17) is 14.5 Å². The van der Waals surface area contributed by atoms with Crippen LogP contribution in [0.15, 0.2) is 55.0 Å². The SMILES string of the molecule is COc1cc(OC)cc(N(CCN2CCN(C)CC2)c2ccc3ncc(-c4cnn(C)c4)nc3c2)c1. The summed E-state index contributed by atoms with van der Waals surface area (Å²) in [5.74, 6) is 1.52. The Bertz CT molecular complexity index is 1310. The lowest BCUT2D eigenvalue weighted by Crippen LogP contribution is -2.46. The molecule has 0 bridgehead atoms. The van der Waals surface area contributed by atoms with Crippen LogP contribution in [0.5, 0.6) is 11.5 Å². The molecular formula is C27H33N7O2. The van der Waals surface area contributed by atoms with Crippen molar-refractivity contribution in [2.24, 2.45) is 7.05 Å². The van der Waals surface area contributed by atoms with Gasteiger partial charge in [0.05, 0.1) is 43.3 Å². The van der Waals surface area contributed by atoms with Crippen LogP contribution in [0.25, 0.3) is 22.3 Å².